The summed E-state index contributed by atoms with van der Waals surface area (Å²) in [5.74, 6) is -0.437. The third kappa shape index (κ3) is 1.46. The minimum atomic E-state index is -0.437. The third-order valence-corrected chi connectivity index (χ3v) is 5.00. The fourth-order valence-electron chi connectivity index (χ4n) is 3.96. The van der Waals surface area contributed by atoms with Crippen molar-refractivity contribution >= 4 is 0 Å². The van der Waals surface area contributed by atoms with Gasteiger partial charge in [-0.05, 0) is 31.3 Å². The highest BCUT2D eigenvalue weighted by Gasteiger charge is 2.53. The van der Waals surface area contributed by atoms with Gasteiger partial charge in [0.15, 0.2) is 5.79 Å². The minimum Gasteiger partial charge on any atom is -0.392 e. The molecule has 96 valence electrons. The van der Waals surface area contributed by atoms with Gasteiger partial charge in [0.25, 0.3) is 0 Å². The second kappa shape index (κ2) is 3.81. The van der Waals surface area contributed by atoms with Crippen molar-refractivity contribution in [1.82, 2.24) is 0 Å². The molecule has 2 aliphatic carbocycles. The Morgan fingerprint density at radius 3 is 2.65 bits per heavy atom. The second-order valence-corrected chi connectivity index (χ2v) is 5.73. The lowest BCUT2D eigenvalue weighted by Crippen LogP contribution is -2.43. The molecule has 2 atom stereocenters. The number of rotatable bonds is 1. The molecule has 1 heterocycles. The number of fused-ring (bicyclic) bond motifs is 1. The maximum absolute atomic E-state index is 10.2. The first kappa shape index (κ1) is 11.7. The van der Waals surface area contributed by atoms with Crippen molar-refractivity contribution in [2.24, 2.45) is 5.41 Å². The molecule has 17 heavy (non-hydrogen) atoms. The van der Waals surface area contributed by atoms with E-state index in [-0.39, 0.29) is 11.5 Å². The lowest BCUT2D eigenvalue weighted by Gasteiger charge is -2.43. The van der Waals surface area contributed by atoms with Crippen molar-refractivity contribution in [1.29, 1.82) is 0 Å². The smallest absolute Gasteiger partial charge is 0.191 e. The summed E-state index contributed by atoms with van der Waals surface area (Å²) in [4.78, 5) is 0. The molecule has 1 aliphatic heterocycles. The highest BCUT2D eigenvalue weighted by molar-refractivity contribution is 5.35. The summed E-state index contributed by atoms with van der Waals surface area (Å²) >= 11 is 0. The second-order valence-electron chi connectivity index (χ2n) is 5.73. The van der Waals surface area contributed by atoms with E-state index in [2.05, 4.69) is 13.8 Å². The van der Waals surface area contributed by atoms with Crippen LogP contribution in [0.2, 0.25) is 0 Å². The largest absolute Gasteiger partial charge is 0.392 e. The molecule has 3 aliphatic rings. The summed E-state index contributed by atoms with van der Waals surface area (Å²) in [6.07, 6.45) is 4.57. The molecule has 2 fully saturated rings. The van der Waals surface area contributed by atoms with E-state index in [1.54, 1.807) is 0 Å². The average molecular weight is 238 g/mol. The molecule has 0 amide bonds. The van der Waals surface area contributed by atoms with Gasteiger partial charge >= 0.3 is 0 Å². The zero-order chi connectivity index (χ0) is 12.1. The van der Waals surface area contributed by atoms with Crippen LogP contribution in [0.15, 0.2) is 11.1 Å². The molecule has 3 heteroatoms. The first-order valence-corrected chi connectivity index (χ1v) is 6.81. The molecule has 0 aromatic rings. The Morgan fingerprint density at radius 2 is 2.00 bits per heavy atom. The Morgan fingerprint density at radius 1 is 1.29 bits per heavy atom. The third-order valence-electron chi connectivity index (χ3n) is 5.00. The molecule has 0 aromatic heterocycles. The summed E-state index contributed by atoms with van der Waals surface area (Å²) in [5, 5.41) is 10.2. The number of hydrogen-bond acceptors (Lipinski definition) is 3. The lowest BCUT2D eigenvalue weighted by molar-refractivity contribution is -0.147. The lowest BCUT2D eigenvalue weighted by atomic mass is 9.69. The quantitative estimate of drug-likeness (QED) is 0.713. The molecule has 0 radical (unpaired) electrons. The highest BCUT2D eigenvalue weighted by atomic mass is 16.7. The van der Waals surface area contributed by atoms with Crippen molar-refractivity contribution < 1.29 is 14.6 Å². The molecular formula is C14H22O3. The van der Waals surface area contributed by atoms with Crippen LogP contribution >= 0.6 is 0 Å². The van der Waals surface area contributed by atoms with Gasteiger partial charge in [-0.3, -0.25) is 0 Å². The number of hydrogen-bond donors (Lipinski definition) is 1. The van der Waals surface area contributed by atoms with Crippen LogP contribution in [0, 0.1) is 5.41 Å². The van der Waals surface area contributed by atoms with Crippen molar-refractivity contribution in [3.8, 4) is 0 Å². The Labute approximate surface area is 103 Å². The summed E-state index contributed by atoms with van der Waals surface area (Å²) in [7, 11) is 0. The van der Waals surface area contributed by atoms with Crippen LogP contribution in [-0.4, -0.2) is 30.2 Å². The first-order chi connectivity index (χ1) is 8.12. The van der Waals surface area contributed by atoms with E-state index in [0.29, 0.717) is 13.2 Å². The summed E-state index contributed by atoms with van der Waals surface area (Å²) < 4.78 is 11.8. The highest BCUT2D eigenvalue weighted by Crippen LogP contribution is 2.56. The topological polar surface area (TPSA) is 38.7 Å². The van der Waals surface area contributed by atoms with E-state index in [1.165, 1.54) is 11.1 Å². The normalized spacial score (nSPS) is 40.1. The van der Waals surface area contributed by atoms with Crippen LogP contribution < -0.4 is 0 Å². The standard InChI is InChI=1S/C14H22O3/c1-3-10-11-4-5-12(15)13(11,2)6-7-14(10)16-8-9-17-14/h12,15H,3-9H2,1-2H3/t12-,13-/m1/s1. The van der Waals surface area contributed by atoms with Gasteiger partial charge in [-0.1, -0.05) is 19.4 Å². The van der Waals surface area contributed by atoms with Gasteiger partial charge < -0.3 is 14.6 Å². The van der Waals surface area contributed by atoms with E-state index < -0.39 is 5.79 Å². The van der Waals surface area contributed by atoms with Crippen LogP contribution in [0.4, 0.5) is 0 Å². The number of aliphatic hydroxyl groups excluding tert-OH is 1. The van der Waals surface area contributed by atoms with Crippen LogP contribution in [0.3, 0.4) is 0 Å². The predicted octanol–water partition coefficient (Wildman–Crippen LogP) is 2.39. The van der Waals surface area contributed by atoms with Gasteiger partial charge in [-0.15, -0.1) is 0 Å². The Hall–Kier alpha value is -0.380. The molecule has 1 saturated heterocycles. The van der Waals surface area contributed by atoms with Gasteiger partial charge in [0.2, 0.25) is 0 Å². The monoisotopic (exact) mass is 238 g/mol. The number of aliphatic hydroxyl groups is 1. The van der Waals surface area contributed by atoms with Gasteiger partial charge in [0.1, 0.15) is 0 Å². The maximum Gasteiger partial charge on any atom is 0.191 e. The fourth-order valence-corrected chi connectivity index (χ4v) is 3.96. The summed E-state index contributed by atoms with van der Waals surface area (Å²) in [5.41, 5.74) is 2.72. The Kier molecular flexibility index (Phi) is 2.62. The summed E-state index contributed by atoms with van der Waals surface area (Å²) in [6, 6.07) is 0. The van der Waals surface area contributed by atoms with Crippen LogP contribution in [-0.2, 0) is 9.47 Å². The van der Waals surface area contributed by atoms with E-state index in [4.69, 9.17) is 9.47 Å². The van der Waals surface area contributed by atoms with E-state index in [0.717, 1.165) is 32.1 Å². The molecule has 0 bridgehead atoms. The predicted molar refractivity (Wildman–Crippen MR) is 64.5 cm³/mol. The van der Waals surface area contributed by atoms with Crippen molar-refractivity contribution in [2.75, 3.05) is 13.2 Å². The Balaban J connectivity index is 2.07. The van der Waals surface area contributed by atoms with E-state index in [1.807, 2.05) is 0 Å². The molecule has 3 rings (SSSR count). The van der Waals surface area contributed by atoms with E-state index >= 15 is 0 Å². The molecular weight excluding hydrogens is 216 g/mol. The van der Waals surface area contributed by atoms with Crippen LogP contribution in [0.5, 0.6) is 0 Å². The van der Waals surface area contributed by atoms with Crippen LogP contribution in [0.25, 0.3) is 0 Å². The minimum absolute atomic E-state index is 0.0219. The molecule has 3 nitrogen and oxygen atoms in total. The summed E-state index contributed by atoms with van der Waals surface area (Å²) in [6.45, 7) is 5.79. The van der Waals surface area contributed by atoms with Gasteiger partial charge in [0.05, 0.1) is 19.3 Å². The zero-order valence-corrected chi connectivity index (χ0v) is 10.8. The fraction of sp³-hybridized carbons (Fsp3) is 0.857. The molecule has 1 N–H and O–H groups in total. The van der Waals surface area contributed by atoms with Gasteiger partial charge in [0, 0.05) is 11.8 Å². The van der Waals surface area contributed by atoms with E-state index in [9.17, 15) is 5.11 Å². The number of ether oxygens (including phenoxy) is 2. The van der Waals surface area contributed by atoms with Crippen LogP contribution in [0.1, 0.15) is 46.0 Å². The maximum atomic E-state index is 10.2. The molecule has 0 unspecified atom stereocenters. The van der Waals surface area contributed by atoms with Gasteiger partial charge in [-0.25, -0.2) is 0 Å². The zero-order valence-electron chi connectivity index (χ0n) is 10.8. The van der Waals surface area contributed by atoms with Crippen molar-refractivity contribution in [3.63, 3.8) is 0 Å². The molecule has 1 saturated carbocycles. The van der Waals surface area contributed by atoms with Crippen molar-refractivity contribution in [3.05, 3.63) is 11.1 Å². The molecule has 1 spiro atoms. The van der Waals surface area contributed by atoms with Gasteiger partial charge in [-0.2, -0.15) is 0 Å². The first-order valence-electron chi connectivity index (χ1n) is 6.81. The van der Waals surface area contributed by atoms with Crippen molar-refractivity contribution in [2.45, 2.75) is 57.8 Å². The molecule has 0 aromatic carbocycles. The SMILES string of the molecule is CCC1=C2CC[C@@H](O)[C@]2(C)CCC12OCCO2. The Bertz CT molecular complexity index is 354. The average Bonchev–Trinajstić information content (AvgIpc) is 2.89.